The van der Waals surface area contributed by atoms with Crippen LogP contribution in [0.5, 0.6) is 0 Å². The number of hydrogen-bond donors (Lipinski definition) is 3. The largest absolute Gasteiger partial charge is 0.323 e. The number of nitrogens with one attached hydrogen (secondary N) is 2. The van der Waals surface area contributed by atoms with Gasteiger partial charge in [0.25, 0.3) is 0 Å². The average Bonchev–Trinajstić information content (AvgIpc) is 2.06. The molecule has 1 saturated heterocycles. The van der Waals surface area contributed by atoms with Gasteiger partial charge in [0.15, 0.2) is 0 Å². The van der Waals surface area contributed by atoms with Crippen LogP contribution >= 0.6 is 0 Å². The summed E-state index contributed by atoms with van der Waals surface area (Å²) in [6, 6.07) is 0.668. The molecule has 7 atom stereocenters. The molecule has 1 heterocycles. The molecule has 3 saturated carbocycles. The molecule has 7 unspecified atom stereocenters. The van der Waals surface area contributed by atoms with E-state index in [0.717, 1.165) is 23.7 Å². The Balaban J connectivity index is 1.78. The molecule has 0 amide bonds. The molecule has 0 aromatic rings. The van der Waals surface area contributed by atoms with E-state index in [4.69, 9.17) is 5.73 Å². The van der Waals surface area contributed by atoms with Gasteiger partial charge in [-0.3, -0.25) is 5.43 Å². The van der Waals surface area contributed by atoms with Crippen LogP contribution in [0.25, 0.3) is 0 Å². The van der Waals surface area contributed by atoms with Gasteiger partial charge in [0.2, 0.25) is 0 Å². The van der Waals surface area contributed by atoms with Crippen molar-refractivity contribution in [2.24, 2.45) is 29.4 Å². The minimum Gasteiger partial charge on any atom is -0.323 e. The van der Waals surface area contributed by atoms with Crippen LogP contribution in [-0.2, 0) is 0 Å². The van der Waals surface area contributed by atoms with E-state index in [9.17, 15) is 0 Å². The fraction of sp³-hybridized carbons (Fsp3) is 1.00. The van der Waals surface area contributed by atoms with Gasteiger partial charge in [-0.05, 0) is 30.1 Å². The summed E-state index contributed by atoms with van der Waals surface area (Å²) in [5.41, 5.74) is 13.7. The Morgan fingerprint density at radius 1 is 1.38 bits per heavy atom. The van der Waals surface area contributed by atoms with Gasteiger partial charge < -0.3 is 5.73 Å². The number of nitrogens with two attached hydrogens (primary N) is 1. The van der Waals surface area contributed by atoms with Crippen LogP contribution in [0.1, 0.15) is 20.3 Å². The number of rotatable bonds is 0. The van der Waals surface area contributed by atoms with Crippen molar-refractivity contribution >= 4 is 0 Å². The van der Waals surface area contributed by atoms with Crippen molar-refractivity contribution < 1.29 is 0 Å². The lowest BCUT2D eigenvalue weighted by atomic mass is 9.23. The van der Waals surface area contributed by atoms with Crippen LogP contribution in [0.15, 0.2) is 0 Å². The predicted octanol–water partition coefficient (Wildman–Crippen LogP) is -0.165. The summed E-state index contributed by atoms with van der Waals surface area (Å²) in [5, 5.41) is 0. The van der Waals surface area contributed by atoms with Crippen LogP contribution in [0, 0.1) is 23.7 Å². The van der Waals surface area contributed by atoms with Crippen LogP contribution in [0.4, 0.5) is 0 Å². The van der Waals surface area contributed by atoms with Crippen LogP contribution in [0.2, 0.25) is 0 Å². The van der Waals surface area contributed by atoms with E-state index in [1.807, 2.05) is 0 Å². The summed E-state index contributed by atoms with van der Waals surface area (Å²) in [6.07, 6.45) is 1.36. The first-order valence-electron chi connectivity index (χ1n) is 5.45. The maximum atomic E-state index is 6.52. The predicted molar refractivity (Wildman–Crippen MR) is 49.6 cm³/mol. The SMILES string of the molecule is CC1C2NNC23C1C1CC(C)C13N. The third-order valence-corrected chi connectivity index (χ3v) is 5.73. The Hall–Kier alpha value is -0.120. The molecule has 4 aliphatic rings. The molecule has 4 N–H and O–H groups in total. The number of fused-ring (bicyclic) bond motifs is 2. The lowest BCUT2D eigenvalue weighted by molar-refractivity contribution is -0.344. The van der Waals surface area contributed by atoms with Gasteiger partial charge in [0.1, 0.15) is 0 Å². The number of hydrazine groups is 1. The van der Waals surface area contributed by atoms with Crippen LogP contribution < -0.4 is 16.6 Å². The molecular formula is C10H17N3. The molecule has 3 heteroatoms. The topological polar surface area (TPSA) is 50.1 Å². The summed E-state index contributed by atoms with van der Waals surface area (Å²) >= 11 is 0. The maximum Gasteiger partial charge on any atom is 0.0711 e. The minimum absolute atomic E-state index is 0.139. The van der Waals surface area contributed by atoms with Crippen LogP contribution in [0.3, 0.4) is 0 Å². The molecule has 1 aliphatic heterocycles. The Bertz CT molecular complexity index is 305. The van der Waals surface area contributed by atoms with Gasteiger partial charge in [-0.1, -0.05) is 13.8 Å². The van der Waals surface area contributed by atoms with E-state index >= 15 is 0 Å². The van der Waals surface area contributed by atoms with E-state index in [-0.39, 0.29) is 5.54 Å². The average molecular weight is 179 g/mol. The highest BCUT2D eigenvalue weighted by Gasteiger charge is 2.89. The van der Waals surface area contributed by atoms with Crippen molar-refractivity contribution in [3.63, 3.8) is 0 Å². The second kappa shape index (κ2) is 1.58. The highest BCUT2D eigenvalue weighted by molar-refractivity contribution is 5.45. The van der Waals surface area contributed by atoms with E-state index in [2.05, 4.69) is 24.7 Å². The van der Waals surface area contributed by atoms with Gasteiger partial charge in [0.05, 0.1) is 5.54 Å². The van der Waals surface area contributed by atoms with Gasteiger partial charge in [-0.15, -0.1) is 0 Å². The Morgan fingerprint density at radius 3 is 2.69 bits per heavy atom. The molecule has 3 aliphatic carbocycles. The molecule has 4 fully saturated rings. The monoisotopic (exact) mass is 179 g/mol. The van der Waals surface area contributed by atoms with E-state index in [0.29, 0.717) is 11.6 Å². The Kier molecular flexibility index (Phi) is 0.873. The summed E-state index contributed by atoms with van der Waals surface area (Å²) in [4.78, 5) is 0. The fourth-order valence-corrected chi connectivity index (χ4v) is 5.04. The van der Waals surface area contributed by atoms with Gasteiger partial charge in [0, 0.05) is 11.6 Å². The molecular weight excluding hydrogens is 162 g/mol. The molecule has 0 aromatic carbocycles. The molecule has 13 heavy (non-hydrogen) atoms. The summed E-state index contributed by atoms with van der Waals surface area (Å²) in [6.45, 7) is 4.67. The van der Waals surface area contributed by atoms with Crippen LogP contribution in [-0.4, -0.2) is 17.1 Å². The van der Waals surface area contributed by atoms with E-state index in [1.165, 1.54) is 6.42 Å². The van der Waals surface area contributed by atoms with Crippen molar-refractivity contribution in [1.82, 2.24) is 10.9 Å². The second-order valence-corrected chi connectivity index (χ2v) is 5.68. The Morgan fingerprint density at radius 2 is 2.15 bits per heavy atom. The van der Waals surface area contributed by atoms with E-state index in [1.54, 1.807) is 0 Å². The molecule has 0 aromatic heterocycles. The lowest BCUT2D eigenvalue weighted by Gasteiger charge is -2.90. The molecule has 0 bridgehead atoms. The third-order valence-electron chi connectivity index (χ3n) is 5.73. The molecule has 3 nitrogen and oxygen atoms in total. The number of hydrogen-bond acceptors (Lipinski definition) is 3. The summed E-state index contributed by atoms with van der Waals surface area (Å²) in [7, 11) is 0. The van der Waals surface area contributed by atoms with Gasteiger partial charge in [-0.2, -0.15) is 0 Å². The van der Waals surface area contributed by atoms with Crippen molar-refractivity contribution in [3.8, 4) is 0 Å². The summed E-state index contributed by atoms with van der Waals surface area (Å²) < 4.78 is 0. The van der Waals surface area contributed by atoms with E-state index < -0.39 is 0 Å². The molecule has 4 rings (SSSR count). The summed E-state index contributed by atoms with van der Waals surface area (Å²) in [5.74, 6) is 3.26. The zero-order chi connectivity index (χ0) is 9.01. The molecule has 0 radical (unpaired) electrons. The third kappa shape index (κ3) is 0.385. The minimum atomic E-state index is 0.139. The zero-order valence-corrected chi connectivity index (χ0v) is 8.17. The fourth-order valence-electron chi connectivity index (χ4n) is 5.04. The maximum absolute atomic E-state index is 6.52. The smallest absolute Gasteiger partial charge is 0.0711 e. The van der Waals surface area contributed by atoms with Crippen molar-refractivity contribution in [2.75, 3.05) is 0 Å². The molecule has 72 valence electrons. The van der Waals surface area contributed by atoms with Crippen molar-refractivity contribution in [2.45, 2.75) is 37.4 Å². The first-order chi connectivity index (χ1) is 6.14. The normalized spacial score (nSPS) is 77.3. The molecule has 1 spiro atoms. The highest BCUT2D eigenvalue weighted by atomic mass is 15.6. The zero-order valence-electron chi connectivity index (χ0n) is 8.17. The Labute approximate surface area is 78.4 Å². The first-order valence-corrected chi connectivity index (χ1v) is 5.45. The van der Waals surface area contributed by atoms with Crippen molar-refractivity contribution in [1.29, 1.82) is 0 Å². The lowest BCUT2D eigenvalue weighted by Crippen LogP contribution is -3.09. The van der Waals surface area contributed by atoms with Gasteiger partial charge >= 0.3 is 0 Å². The first kappa shape index (κ1) is 7.21. The second-order valence-electron chi connectivity index (χ2n) is 5.68. The standard InChI is InChI=1S/C10H17N3/c1-4-3-6-7-5(2)8-10(7,13-12-8)9(4,6)11/h4-8,12-13H,3,11H2,1-2H3. The van der Waals surface area contributed by atoms with Crippen molar-refractivity contribution in [3.05, 3.63) is 0 Å². The highest BCUT2D eigenvalue weighted by Crippen LogP contribution is 2.75. The van der Waals surface area contributed by atoms with Gasteiger partial charge in [-0.25, -0.2) is 5.43 Å². The quantitative estimate of drug-likeness (QED) is 0.484.